The number of aromatic nitrogens is 4. The molecule has 0 aliphatic heterocycles. The number of aliphatic imine (C=N–C) groups is 2. The minimum Gasteiger partial charge on any atom is -0.481 e. The number of rotatable bonds is 37. The monoisotopic (exact) mass is 1170 g/mol. The molecule has 0 saturated heterocycles. The molecule has 0 aromatic carbocycles. The smallest absolute Gasteiger partial charge is 0.326 e. The van der Waals surface area contributed by atoms with Crippen LogP contribution in [0.2, 0.25) is 0 Å². The number of carboxylic acids is 3. The molecule has 23 N–H and O–H groups in total. The Morgan fingerprint density at radius 1 is 0.654 bits per heavy atom. The molecule has 81 heavy (non-hydrogen) atoms. The summed E-state index contributed by atoms with van der Waals surface area (Å²) >= 11 is 4.15. The van der Waals surface area contributed by atoms with Gasteiger partial charge in [0.25, 0.3) is 0 Å². The fraction of sp³-hybridized carbons (Fsp3) is 0.568. The first-order valence-electron chi connectivity index (χ1n) is 24.8. The van der Waals surface area contributed by atoms with Crippen molar-refractivity contribution in [2.75, 3.05) is 57.3 Å². The van der Waals surface area contributed by atoms with Gasteiger partial charge in [0.2, 0.25) is 53.2 Å². The van der Waals surface area contributed by atoms with E-state index in [0.29, 0.717) is 0 Å². The van der Waals surface area contributed by atoms with Gasteiger partial charge in [-0.15, -0.1) is 0 Å². The Balaban J connectivity index is 2.20. The molecule has 0 fully saturated rings. The summed E-state index contributed by atoms with van der Waals surface area (Å²) in [6.07, 6.45) is -0.00644. The summed E-state index contributed by atoms with van der Waals surface area (Å²) in [5.74, 6) is -14.6. The third kappa shape index (κ3) is 25.0. The van der Waals surface area contributed by atoms with Crippen LogP contribution in [0.1, 0.15) is 58.8 Å². The average Bonchev–Trinajstić information content (AvgIpc) is 3.85. The van der Waals surface area contributed by atoms with E-state index in [4.69, 9.17) is 39.5 Å². The van der Waals surface area contributed by atoms with Gasteiger partial charge in [-0.2, -0.15) is 12.6 Å². The van der Waals surface area contributed by atoms with Crippen LogP contribution >= 0.6 is 12.6 Å². The van der Waals surface area contributed by atoms with Crippen LogP contribution < -0.4 is 76.9 Å². The number of carbonyl (C=O) groups excluding carboxylic acids is 9. The van der Waals surface area contributed by atoms with Crippen molar-refractivity contribution in [2.24, 2.45) is 44.6 Å². The number of nitrogens with zero attached hydrogens (tertiary/aromatic N) is 7. The van der Waals surface area contributed by atoms with Crippen LogP contribution in [0.3, 0.4) is 0 Å². The van der Waals surface area contributed by atoms with Gasteiger partial charge in [0, 0.05) is 38.4 Å². The fourth-order valence-electron chi connectivity index (χ4n) is 7.14. The number of aliphatic carboxylic acids is 3. The highest BCUT2D eigenvalue weighted by Crippen LogP contribution is 2.15. The van der Waals surface area contributed by atoms with Gasteiger partial charge in [0.05, 0.1) is 32.4 Å². The lowest BCUT2D eigenvalue weighted by atomic mass is 10.0. The first kappa shape index (κ1) is 67.9. The molecule has 2 rings (SSSR count). The number of guanidine groups is 2. The number of thiol groups is 1. The van der Waals surface area contributed by atoms with Crippen molar-refractivity contribution in [3.63, 3.8) is 0 Å². The Bertz CT molecular complexity index is 2630. The second kappa shape index (κ2) is 34.7. The molecule has 0 saturated carbocycles. The molecule has 0 aliphatic rings. The summed E-state index contributed by atoms with van der Waals surface area (Å²) in [4.78, 5) is 176. The first-order valence-corrected chi connectivity index (χ1v) is 25.4. The van der Waals surface area contributed by atoms with E-state index in [1.165, 1.54) is 31.1 Å². The average molecular weight is 1170 g/mol. The molecule has 0 spiro atoms. The largest absolute Gasteiger partial charge is 0.481 e. The molecule has 6 atom stereocenters. The summed E-state index contributed by atoms with van der Waals surface area (Å²) in [5.41, 5.74) is 33.7. The first-order chi connectivity index (χ1) is 38.2. The lowest BCUT2D eigenvalue weighted by molar-refractivity contribution is -0.147. The zero-order chi connectivity index (χ0) is 60.9. The SMILES string of the molecule is CC(C)[C@H](NC(=O)[C@H](CCC(=O)O)NC(=O)[C@H](CCCN=C(N)N)NC(=O)CNC(=O)[C@H](CCCN=C(N)N)NC(=O)[C@H](CS)NC(=O)CNC(=O)CN(CCN)C(=O)Cn1cnc2c(N)ncnc21)C(=O)N[C@@H](CC(=O)O)C(=O)O. The molecule has 2 heterocycles. The molecule has 0 radical (unpaired) electrons. The van der Waals surface area contributed by atoms with Gasteiger partial charge in [-0.05, 0) is 38.0 Å². The highest BCUT2D eigenvalue weighted by molar-refractivity contribution is 7.80. The number of carbonyl (C=O) groups is 12. The summed E-state index contributed by atoms with van der Waals surface area (Å²) in [6, 6.07) is -9.48. The number of nitrogens with one attached hydrogen (secondary N) is 8. The Hall–Kier alpha value is -9.16. The van der Waals surface area contributed by atoms with Gasteiger partial charge in [0.1, 0.15) is 54.6 Å². The van der Waals surface area contributed by atoms with E-state index in [-0.39, 0.29) is 93.1 Å². The number of amides is 9. The molecule has 2 aromatic heterocycles. The Morgan fingerprint density at radius 2 is 1.19 bits per heavy atom. The second-order valence-corrected chi connectivity index (χ2v) is 18.4. The van der Waals surface area contributed by atoms with Crippen LogP contribution in [0.5, 0.6) is 0 Å². The van der Waals surface area contributed by atoms with Gasteiger partial charge in [-0.3, -0.25) is 62.7 Å². The number of fused-ring (bicyclic) bond motifs is 1. The van der Waals surface area contributed by atoms with Crippen molar-refractivity contribution < 1.29 is 72.9 Å². The van der Waals surface area contributed by atoms with E-state index in [9.17, 15) is 67.7 Å². The third-order valence-electron chi connectivity index (χ3n) is 11.2. The topological polar surface area (TPSA) is 589 Å². The molecule has 448 valence electrons. The molecule has 0 bridgehead atoms. The maximum atomic E-state index is 13.8. The molecule has 36 nitrogen and oxygen atoms in total. The van der Waals surface area contributed by atoms with Gasteiger partial charge < -0.3 is 102 Å². The van der Waals surface area contributed by atoms with Crippen molar-refractivity contribution in [1.29, 1.82) is 0 Å². The van der Waals surface area contributed by atoms with Crippen LogP contribution in [0.15, 0.2) is 22.6 Å². The number of carboxylic acid groups (broad SMARTS) is 3. The van der Waals surface area contributed by atoms with Crippen LogP contribution in [0.4, 0.5) is 5.82 Å². The maximum Gasteiger partial charge on any atom is 0.326 e. The van der Waals surface area contributed by atoms with Gasteiger partial charge >= 0.3 is 17.9 Å². The molecular weight excluding hydrogens is 1090 g/mol. The van der Waals surface area contributed by atoms with Crippen molar-refractivity contribution in [3.8, 4) is 0 Å². The molecule has 37 heteroatoms. The molecular formula is C44H71N21O15S. The van der Waals surface area contributed by atoms with Crippen molar-refractivity contribution in [1.82, 2.24) is 67.0 Å². The molecule has 9 amide bonds. The van der Waals surface area contributed by atoms with E-state index in [1.54, 1.807) is 0 Å². The van der Waals surface area contributed by atoms with Crippen LogP contribution in [-0.4, -0.2) is 211 Å². The van der Waals surface area contributed by atoms with Crippen LogP contribution in [0, 0.1) is 5.92 Å². The standard InChI is InChI=1S/C44H71N21O15S/c1-21(2)33(41(78)62-25(42(79)80)13-32(72)73)63-39(76)24(7-8-31(70)71)61-38(75)23(6-4-11-52-44(49)50)58-28(67)15-54-37(74)22(5-3-10-51-43(47)48)60-40(77)26(18-81)59-27(66)14-53-29(68)16-64(12-9-45)30(69)17-65-20-57-34-35(46)55-19-56-36(34)65/h19-26,33,81H,3-18,45H2,1-2H3,(H,53,68)(H,54,74)(H,58,67)(H,59,66)(H,60,77)(H,61,75)(H,62,78)(H,63,76)(H,70,71)(H,72,73)(H,79,80)(H2,46,55,56)(H4,47,48,51)(H4,49,50,52)/t22-,23-,24-,25-,26-,33-/m0/s1. The number of nitrogens with two attached hydrogens (primary N) is 6. The minimum atomic E-state index is -1.89. The maximum absolute atomic E-state index is 13.8. The van der Waals surface area contributed by atoms with Crippen molar-refractivity contribution >= 4 is 113 Å². The van der Waals surface area contributed by atoms with E-state index >= 15 is 0 Å². The minimum absolute atomic E-state index is 0.0147. The number of hydrogen-bond acceptors (Lipinski definition) is 20. The predicted octanol–water partition coefficient (Wildman–Crippen LogP) is -8.55. The highest BCUT2D eigenvalue weighted by atomic mass is 32.1. The van der Waals surface area contributed by atoms with Gasteiger partial charge in [-0.1, -0.05) is 13.8 Å². The third-order valence-corrected chi connectivity index (χ3v) is 11.6. The van der Waals surface area contributed by atoms with Gasteiger partial charge in [0.15, 0.2) is 23.4 Å². The number of hydrogen-bond donors (Lipinski definition) is 18. The summed E-state index contributed by atoms with van der Waals surface area (Å²) in [7, 11) is 0. The molecule has 2 aromatic rings. The van der Waals surface area contributed by atoms with Crippen molar-refractivity contribution in [2.45, 2.75) is 102 Å². The second-order valence-electron chi connectivity index (χ2n) is 18.0. The van der Waals surface area contributed by atoms with E-state index in [1.807, 2.05) is 5.32 Å². The normalized spacial score (nSPS) is 13.0. The Morgan fingerprint density at radius 3 is 1.72 bits per heavy atom. The lowest BCUT2D eigenvalue weighted by Crippen LogP contribution is -2.59. The summed E-state index contributed by atoms with van der Waals surface area (Å²) in [6.45, 7) is 0.455. The number of nitrogen functional groups attached to an aromatic ring is 1. The fourth-order valence-corrected chi connectivity index (χ4v) is 7.40. The Kier molecular flexibility index (Phi) is 29.1. The Labute approximate surface area is 467 Å². The number of anilines is 1. The lowest BCUT2D eigenvalue weighted by Gasteiger charge is -2.27. The van der Waals surface area contributed by atoms with Crippen molar-refractivity contribution in [3.05, 3.63) is 12.7 Å². The zero-order valence-electron chi connectivity index (χ0n) is 44.3. The van der Waals surface area contributed by atoms with E-state index in [0.717, 1.165) is 4.90 Å². The van der Waals surface area contributed by atoms with E-state index < -0.39 is 152 Å². The predicted molar refractivity (Wildman–Crippen MR) is 288 cm³/mol. The summed E-state index contributed by atoms with van der Waals surface area (Å²) < 4.78 is 1.40. The van der Waals surface area contributed by atoms with Gasteiger partial charge in [-0.25, -0.2) is 19.7 Å². The van der Waals surface area contributed by atoms with Crippen LogP contribution in [-0.2, 0) is 64.1 Å². The summed E-state index contributed by atoms with van der Waals surface area (Å²) in [5, 5.41) is 46.6. The van der Waals surface area contributed by atoms with Crippen LogP contribution in [0.25, 0.3) is 11.2 Å². The number of imidazole rings is 1. The molecule has 0 aliphatic carbocycles. The molecule has 0 unspecified atom stereocenters. The van der Waals surface area contributed by atoms with E-state index in [2.05, 4.69) is 74.8 Å². The highest BCUT2D eigenvalue weighted by Gasteiger charge is 2.34. The quantitative estimate of drug-likeness (QED) is 0.0129. The zero-order valence-corrected chi connectivity index (χ0v) is 45.2.